The first-order valence-electron chi connectivity index (χ1n) is 11.0. The molecule has 3 rings (SSSR count). The predicted octanol–water partition coefficient (Wildman–Crippen LogP) is -0.0152. The number of likely N-dealkylation sites (N-methyl/N-ethyl adjacent to an activating group) is 1. The summed E-state index contributed by atoms with van der Waals surface area (Å²) < 4.78 is 13.0. The highest BCUT2D eigenvalue weighted by Crippen LogP contribution is 2.07. The highest BCUT2D eigenvalue weighted by Gasteiger charge is 2.33. The number of hydrogen-bond donors (Lipinski definition) is 3. The Bertz CT molecular complexity index is 852. The van der Waals surface area contributed by atoms with Crippen LogP contribution in [0.5, 0.6) is 0 Å². The minimum Gasteiger partial charge on any atom is -0.334 e. The van der Waals surface area contributed by atoms with Crippen molar-refractivity contribution in [3.8, 4) is 0 Å². The molecular weight excluding hydrogens is 395 g/mol. The van der Waals surface area contributed by atoms with Crippen LogP contribution in [0.1, 0.15) is 19.4 Å². The summed E-state index contributed by atoms with van der Waals surface area (Å²) >= 11 is 0. The molecule has 0 aliphatic carbocycles. The summed E-state index contributed by atoms with van der Waals surface area (Å²) in [5, 5.41) is 2.82. The van der Waals surface area contributed by atoms with Crippen molar-refractivity contribution < 1.29 is 23.8 Å². The smallest absolute Gasteiger partial charge is 0.280 e. The van der Waals surface area contributed by atoms with Gasteiger partial charge in [0.25, 0.3) is 11.8 Å². The van der Waals surface area contributed by atoms with Crippen molar-refractivity contribution >= 4 is 17.5 Å². The van der Waals surface area contributed by atoms with Crippen molar-refractivity contribution in [1.29, 1.82) is 0 Å². The van der Waals surface area contributed by atoms with Crippen molar-refractivity contribution in [1.82, 2.24) is 4.90 Å². The van der Waals surface area contributed by atoms with E-state index in [1.165, 1.54) is 21.9 Å². The van der Waals surface area contributed by atoms with Crippen molar-refractivity contribution in [2.24, 2.45) is 0 Å². The Hall–Kier alpha value is -2.77. The van der Waals surface area contributed by atoms with E-state index in [-0.39, 0.29) is 23.7 Å². The SMILES string of the molecule is CCN(Cc1ccccc1)C(=O)[C@@H](C)[NH+]1CC[NH+](CC(=O)Nc2ccc(F)cc2)CC1. The molecule has 0 bridgehead atoms. The van der Waals surface area contributed by atoms with Crippen LogP contribution >= 0.6 is 0 Å². The number of carbonyl (C=O) groups excluding carboxylic acids is 2. The number of quaternary nitrogens is 2. The third-order valence-corrected chi connectivity index (χ3v) is 6.03. The van der Waals surface area contributed by atoms with Crippen molar-refractivity contribution in [2.45, 2.75) is 26.4 Å². The van der Waals surface area contributed by atoms with Gasteiger partial charge in [-0.25, -0.2) is 4.39 Å². The topological polar surface area (TPSA) is 58.3 Å². The number of hydrogen-bond acceptors (Lipinski definition) is 2. The van der Waals surface area contributed by atoms with Gasteiger partial charge in [-0.2, -0.15) is 0 Å². The molecule has 1 atom stereocenters. The average molecular weight is 429 g/mol. The minimum atomic E-state index is -0.322. The van der Waals surface area contributed by atoms with E-state index in [1.54, 1.807) is 12.1 Å². The largest absolute Gasteiger partial charge is 0.334 e. The van der Waals surface area contributed by atoms with Gasteiger partial charge in [0.05, 0.1) is 0 Å². The molecule has 6 nitrogen and oxygen atoms in total. The van der Waals surface area contributed by atoms with Gasteiger partial charge in [-0.1, -0.05) is 30.3 Å². The molecule has 31 heavy (non-hydrogen) atoms. The second kappa shape index (κ2) is 11.0. The lowest BCUT2D eigenvalue weighted by Crippen LogP contribution is -3.30. The molecule has 1 saturated heterocycles. The molecule has 1 aliphatic rings. The van der Waals surface area contributed by atoms with E-state index in [0.29, 0.717) is 25.3 Å². The molecule has 7 heteroatoms. The van der Waals surface area contributed by atoms with Gasteiger partial charge < -0.3 is 20.0 Å². The summed E-state index contributed by atoms with van der Waals surface area (Å²) in [6.07, 6.45) is 0. The van der Waals surface area contributed by atoms with Gasteiger partial charge in [-0.05, 0) is 43.7 Å². The van der Waals surface area contributed by atoms with Gasteiger partial charge in [-0.3, -0.25) is 9.59 Å². The summed E-state index contributed by atoms with van der Waals surface area (Å²) in [4.78, 5) is 29.8. The lowest BCUT2D eigenvalue weighted by Gasteiger charge is -2.34. The molecule has 3 N–H and O–H groups in total. The molecule has 0 radical (unpaired) electrons. The van der Waals surface area contributed by atoms with Crippen LogP contribution in [-0.4, -0.2) is 62.0 Å². The van der Waals surface area contributed by atoms with Crippen LogP contribution in [0.15, 0.2) is 54.6 Å². The normalized spacial score (nSPS) is 19.5. The first kappa shape index (κ1) is 22.9. The fraction of sp³-hybridized carbons (Fsp3) is 0.417. The molecule has 0 unspecified atom stereocenters. The molecule has 166 valence electrons. The highest BCUT2D eigenvalue weighted by molar-refractivity contribution is 5.91. The zero-order valence-electron chi connectivity index (χ0n) is 18.4. The Labute approximate surface area is 183 Å². The fourth-order valence-corrected chi connectivity index (χ4v) is 4.10. The molecule has 1 fully saturated rings. The Kier molecular flexibility index (Phi) is 8.14. The van der Waals surface area contributed by atoms with Gasteiger partial charge >= 0.3 is 0 Å². The molecule has 2 aromatic rings. The van der Waals surface area contributed by atoms with Gasteiger partial charge in [0.15, 0.2) is 12.6 Å². The van der Waals surface area contributed by atoms with E-state index < -0.39 is 0 Å². The van der Waals surface area contributed by atoms with E-state index in [4.69, 9.17) is 0 Å². The number of rotatable bonds is 8. The maximum absolute atomic E-state index is 13.1. The summed E-state index contributed by atoms with van der Waals surface area (Å²) in [7, 11) is 0. The number of benzene rings is 2. The number of carbonyl (C=O) groups is 2. The predicted molar refractivity (Wildman–Crippen MR) is 118 cm³/mol. The summed E-state index contributed by atoms with van der Waals surface area (Å²) in [5.74, 6) is -0.218. The van der Waals surface area contributed by atoms with Crippen molar-refractivity contribution in [3.63, 3.8) is 0 Å². The van der Waals surface area contributed by atoms with Crippen molar-refractivity contribution in [3.05, 3.63) is 66.0 Å². The van der Waals surface area contributed by atoms with E-state index in [0.717, 1.165) is 31.7 Å². The van der Waals surface area contributed by atoms with E-state index in [2.05, 4.69) is 5.32 Å². The molecule has 0 spiro atoms. The second-order valence-electron chi connectivity index (χ2n) is 8.20. The van der Waals surface area contributed by atoms with Crippen LogP contribution < -0.4 is 15.1 Å². The summed E-state index contributed by atoms with van der Waals surface area (Å²) in [5.41, 5.74) is 1.74. The van der Waals surface area contributed by atoms with Crippen molar-refractivity contribution in [2.75, 3.05) is 44.6 Å². The van der Waals surface area contributed by atoms with Gasteiger partial charge in [0.1, 0.15) is 32.0 Å². The van der Waals surface area contributed by atoms with Gasteiger partial charge in [0, 0.05) is 18.8 Å². The first-order valence-corrected chi connectivity index (χ1v) is 11.0. The highest BCUT2D eigenvalue weighted by atomic mass is 19.1. The van der Waals surface area contributed by atoms with E-state index in [1.807, 2.05) is 49.1 Å². The lowest BCUT2D eigenvalue weighted by atomic mass is 10.1. The zero-order chi connectivity index (χ0) is 22.2. The molecule has 1 aliphatic heterocycles. The zero-order valence-corrected chi connectivity index (χ0v) is 18.4. The Morgan fingerprint density at radius 2 is 1.68 bits per heavy atom. The quantitative estimate of drug-likeness (QED) is 0.554. The van der Waals surface area contributed by atoms with Crippen LogP contribution in [0, 0.1) is 5.82 Å². The number of amides is 2. The van der Waals surface area contributed by atoms with Crippen LogP contribution in [0.2, 0.25) is 0 Å². The lowest BCUT2D eigenvalue weighted by molar-refractivity contribution is -1.01. The molecule has 0 saturated carbocycles. The van der Waals surface area contributed by atoms with Crippen LogP contribution in [0.25, 0.3) is 0 Å². The monoisotopic (exact) mass is 428 g/mol. The van der Waals surface area contributed by atoms with Crippen LogP contribution in [0.3, 0.4) is 0 Å². The van der Waals surface area contributed by atoms with E-state index >= 15 is 0 Å². The number of nitrogens with zero attached hydrogens (tertiary/aromatic N) is 1. The number of piperazine rings is 1. The molecule has 2 aromatic carbocycles. The third kappa shape index (κ3) is 6.60. The minimum absolute atomic E-state index is 0.0748. The van der Waals surface area contributed by atoms with Gasteiger partial charge in [0.2, 0.25) is 0 Å². The maximum atomic E-state index is 13.1. The summed E-state index contributed by atoms with van der Waals surface area (Å²) in [6.45, 7) is 9.12. The number of nitrogens with one attached hydrogen (secondary N) is 3. The molecule has 0 aromatic heterocycles. The average Bonchev–Trinajstić information content (AvgIpc) is 2.79. The maximum Gasteiger partial charge on any atom is 0.280 e. The standard InChI is InChI=1S/C24H31FN4O2/c1-3-28(17-20-7-5-4-6-8-20)24(31)19(2)29-15-13-27(14-16-29)18-23(30)26-22-11-9-21(25)10-12-22/h4-12,19H,3,13-18H2,1-2H3,(H,26,30)/p+2/t19-/m1/s1. The van der Waals surface area contributed by atoms with Crippen LogP contribution in [0.4, 0.5) is 10.1 Å². The van der Waals surface area contributed by atoms with E-state index in [9.17, 15) is 14.0 Å². The molecule has 2 amide bonds. The Balaban J connectivity index is 1.46. The Morgan fingerprint density at radius 1 is 1.03 bits per heavy atom. The third-order valence-electron chi connectivity index (χ3n) is 6.03. The fourth-order valence-electron chi connectivity index (χ4n) is 4.10. The molecule has 1 heterocycles. The number of anilines is 1. The molecular formula is C24H33FN4O2+2. The van der Waals surface area contributed by atoms with Crippen LogP contribution in [-0.2, 0) is 16.1 Å². The Morgan fingerprint density at radius 3 is 2.29 bits per heavy atom. The number of halogens is 1. The van der Waals surface area contributed by atoms with Gasteiger partial charge in [-0.15, -0.1) is 0 Å². The summed E-state index contributed by atoms with van der Waals surface area (Å²) in [6, 6.07) is 15.8. The first-order chi connectivity index (χ1) is 15.0. The second-order valence-corrected chi connectivity index (χ2v) is 8.20.